The van der Waals surface area contributed by atoms with Crippen molar-refractivity contribution in [3.63, 3.8) is 0 Å². The fourth-order valence-corrected chi connectivity index (χ4v) is 0. The molecule has 0 heterocycles. The Bertz CT molecular complexity index is 69.9. The van der Waals surface area contributed by atoms with Gasteiger partial charge >= 0.3 is 0 Å². The predicted octanol–water partition coefficient (Wildman–Crippen LogP) is 1.85. The zero-order valence-corrected chi connectivity index (χ0v) is 5.14. The van der Waals surface area contributed by atoms with Crippen molar-refractivity contribution in [3.05, 3.63) is 11.5 Å². The van der Waals surface area contributed by atoms with Gasteiger partial charge in [0.05, 0.1) is 0 Å². The van der Waals surface area contributed by atoms with Gasteiger partial charge in [-0.2, -0.15) is 10.5 Å². The summed E-state index contributed by atoms with van der Waals surface area (Å²) in [6, 6.07) is 0. The van der Waals surface area contributed by atoms with Gasteiger partial charge in [-0.3, -0.25) is 0 Å². The molecule has 0 saturated heterocycles. The molecule has 1 heteroatoms. The highest BCUT2D eigenvalue weighted by atomic mass is 32.2. The Labute approximate surface area is 41.8 Å². The maximum absolute atomic E-state index is 3.77. The van der Waals surface area contributed by atoms with E-state index in [4.69, 9.17) is 0 Å². The van der Waals surface area contributed by atoms with Gasteiger partial charge in [0.25, 0.3) is 0 Å². The summed E-state index contributed by atoms with van der Waals surface area (Å²) in [5.41, 5.74) is 0. The fourth-order valence-electron chi connectivity index (χ4n) is 0. The van der Waals surface area contributed by atoms with E-state index in [0.717, 1.165) is 0 Å². The first-order chi connectivity index (χ1) is 2.64. The SMILES string of the molecule is C=C(C)S(=C)C. The van der Waals surface area contributed by atoms with Crippen LogP contribution < -0.4 is 0 Å². The Morgan fingerprint density at radius 2 is 1.83 bits per heavy atom. The lowest BCUT2D eigenvalue weighted by molar-refractivity contribution is 1.73. The van der Waals surface area contributed by atoms with E-state index in [1.807, 2.05) is 6.92 Å². The maximum Gasteiger partial charge on any atom is -0.0199 e. The Balaban J connectivity index is 3.57. The molecule has 1 unspecified atom stereocenters. The highest BCUT2D eigenvalue weighted by Gasteiger charge is 1.74. The highest BCUT2D eigenvalue weighted by molar-refractivity contribution is 8.16. The van der Waals surface area contributed by atoms with Gasteiger partial charge in [-0.05, 0) is 18.1 Å². The fraction of sp³-hybridized carbons (Fsp3) is 0.400. The van der Waals surface area contributed by atoms with Crippen LogP contribution in [0, 0.1) is 0 Å². The molecule has 0 rings (SSSR count). The van der Waals surface area contributed by atoms with Crippen molar-refractivity contribution in [1.29, 1.82) is 0 Å². The van der Waals surface area contributed by atoms with Crippen LogP contribution in [0.15, 0.2) is 11.5 Å². The molecule has 0 aromatic heterocycles. The van der Waals surface area contributed by atoms with Crippen molar-refractivity contribution in [3.8, 4) is 0 Å². The van der Waals surface area contributed by atoms with E-state index < -0.39 is 0 Å². The molecular formula is C5H10S. The third-order valence-corrected chi connectivity index (χ3v) is 1.78. The highest BCUT2D eigenvalue weighted by Crippen LogP contribution is 2.12. The van der Waals surface area contributed by atoms with Crippen molar-refractivity contribution in [2.75, 3.05) is 6.26 Å². The smallest absolute Gasteiger partial charge is 0.0199 e. The van der Waals surface area contributed by atoms with Gasteiger partial charge in [0.1, 0.15) is 0 Å². The first kappa shape index (κ1) is 5.96. The number of hydrogen-bond donors (Lipinski definition) is 0. The van der Waals surface area contributed by atoms with Crippen LogP contribution in [0.2, 0.25) is 0 Å². The molecule has 0 nitrogen and oxygen atoms in total. The Morgan fingerprint density at radius 1 is 1.67 bits per heavy atom. The van der Waals surface area contributed by atoms with Crippen molar-refractivity contribution >= 4 is 16.4 Å². The minimum absolute atomic E-state index is 0.188. The van der Waals surface area contributed by atoms with Crippen LogP contribution in [-0.4, -0.2) is 12.1 Å². The molecular weight excluding hydrogens is 92.1 g/mol. The first-order valence-electron chi connectivity index (χ1n) is 1.75. The van der Waals surface area contributed by atoms with Crippen LogP contribution in [0.3, 0.4) is 0 Å². The summed E-state index contributed by atoms with van der Waals surface area (Å²) in [5.74, 6) is 3.77. The number of hydrogen-bond acceptors (Lipinski definition) is 0. The summed E-state index contributed by atoms with van der Waals surface area (Å²) in [4.78, 5) is 1.18. The molecule has 0 spiro atoms. The molecule has 1 atom stereocenters. The summed E-state index contributed by atoms with van der Waals surface area (Å²) in [5, 5.41) is 0. The molecule has 36 valence electrons. The second-order valence-electron chi connectivity index (χ2n) is 1.34. The van der Waals surface area contributed by atoms with Crippen molar-refractivity contribution in [2.24, 2.45) is 0 Å². The molecule has 0 amide bonds. The average Bonchev–Trinajstić information content (AvgIpc) is 1.36. The number of rotatable bonds is 1. The largest absolute Gasteiger partial charge is 0.170 e. The van der Waals surface area contributed by atoms with Crippen LogP contribution in [-0.2, 0) is 0 Å². The normalized spacial score (nSPS) is 13.7. The molecule has 0 aliphatic heterocycles. The third kappa shape index (κ3) is 2.21. The minimum atomic E-state index is 0.188. The van der Waals surface area contributed by atoms with E-state index in [2.05, 4.69) is 18.7 Å². The molecule has 0 aromatic carbocycles. The van der Waals surface area contributed by atoms with E-state index in [9.17, 15) is 0 Å². The van der Waals surface area contributed by atoms with E-state index >= 15 is 0 Å². The minimum Gasteiger partial charge on any atom is -0.170 e. The summed E-state index contributed by atoms with van der Waals surface area (Å²) in [7, 11) is 0.188. The van der Waals surface area contributed by atoms with Crippen LogP contribution in [0.4, 0.5) is 0 Å². The topological polar surface area (TPSA) is 0 Å². The molecule has 0 N–H and O–H groups in total. The van der Waals surface area contributed by atoms with E-state index in [1.165, 1.54) is 4.91 Å². The molecule has 0 fully saturated rings. The molecule has 6 heavy (non-hydrogen) atoms. The van der Waals surface area contributed by atoms with E-state index in [1.54, 1.807) is 0 Å². The van der Waals surface area contributed by atoms with Gasteiger partial charge in [0.2, 0.25) is 0 Å². The first-order valence-corrected chi connectivity index (χ1v) is 3.56. The van der Waals surface area contributed by atoms with Crippen molar-refractivity contribution in [1.82, 2.24) is 0 Å². The summed E-state index contributed by atoms with van der Waals surface area (Å²) in [6.07, 6.45) is 2.06. The van der Waals surface area contributed by atoms with Crippen LogP contribution in [0.5, 0.6) is 0 Å². The van der Waals surface area contributed by atoms with Crippen molar-refractivity contribution in [2.45, 2.75) is 6.92 Å². The van der Waals surface area contributed by atoms with Crippen LogP contribution in [0.1, 0.15) is 6.92 Å². The van der Waals surface area contributed by atoms with Gasteiger partial charge in [-0.25, -0.2) is 0 Å². The Kier molecular flexibility index (Phi) is 2.18. The van der Waals surface area contributed by atoms with Crippen LogP contribution in [0.25, 0.3) is 0 Å². The molecule has 0 bridgehead atoms. The van der Waals surface area contributed by atoms with E-state index in [-0.39, 0.29) is 10.5 Å². The zero-order valence-electron chi connectivity index (χ0n) is 4.32. The average molecular weight is 102 g/mol. The number of allylic oxidation sites excluding steroid dienone is 1. The molecule has 0 radical (unpaired) electrons. The van der Waals surface area contributed by atoms with Gasteiger partial charge in [-0.1, -0.05) is 12.4 Å². The van der Waals surface area contributed by atoms with Gasteiger partial charge in [-0.15, -0.1) is 0 Å². The van der Waals surface area contributed by atoms with Gasteiger partial charge < -0.3 is 0 Å². The summed E-state index contributed by atoms with van der Waals surface area (Å²) < 4.78 is 0. The molecule has 0 aliphatic carbocycles. The Morgan fingerprint density at radius 3 is 1.83 bits per heavy atom. The maximum atomic E-state index is 3.77. The Hall–Kier alpha value is -0.0400. The van der Waals surface area contributed by atoms with E-state index in [0.29, 0.717) is 0 Å². The zero-order chi connectivity index (χ0) is 5.15. The monoisotopic (exact) mass is 102 g/mol. The molecule has 0 aromatic rings. The second-order valence-corrected chi connectivity index (χ2v) is 3.31. The van der Waals surface area contributed by atoms with Crippen LogP contribution >= 0.6 is 10.5 Å². The summed E-state index contributed by atoms with van der Waals surface area (Å²) >= 11 is 0. The summed E-state index contributed by atoms with van der Waals surface area (Å²) in [6.45, 7) is 5.70. The molecule has 0 saturated carbocycles. The lowest BCUT2D eigenvalue weighted by Crippen LogP contribution is -1.59. The van der Waals surface area contributed by atoms with Gasteiger partial charge in [0, 0.05) is 0 Å². The van der Waals surface area contributed by atoms with Gasteiger partial charge in [0.15, 0.2) is 0 Å². The standard InChI is InChI=1S/C5H10S/c1-5(2)6(3)4/h1,3H2,2,4H3. The molecule has 0 aliphatic rings. The lowest BCUT2D eigenvalue weighted by Gasteiger charge is -1.91. The lowest BCUT2D eigenvalue weighted by atomic mass is 10.8. The quantitative estimate of drug-likeness (QED) is 0.443. The predicted molar refractivity (Wildman–Crippen MR) is 35.5 cm³/mol. The third-order valence-electron chi connectivity index (χ3n) is 0.595. The van der Waals surface area contributed by atoms with Crippen molar-refractivity contribution < 1.29 is 0 Å². The second kappa shape index (κ2) is 2.19.